The Kier molecular flexibility index (Phi) is 6.16. The van der Waals surface area contributed by atoms with Gasteiger partial charge in [0.1, 0.15) is 0 Å². The number of anilines is 1. The topological polar surface area (TPSA) is 75.3 Å². The van der Waals surface area contributed by atoms with E-state index in [1.165, 1.54) is 25.0 Å². The highest BCUT2D eigenvalue weighted by Gasteiger charge is 2.19. The van der Waals surface area contributed by atoms with Crippen molar-refractivity contribution >= 4 is 21.6 Å². The van der Waals surface area contributed by atoms with Gasteiger partial charge in [0, 0.05) is 17.3 Å². The van der Waals surface area contributed by atoms with Gasteiger partial charge in [0.25, 0.3) is 15.9 Å². The first-order valence-corrected chi connectivity index (χ1v) is 10.9. The first-order chi connectivity index (χ1) is 12.9. The Bertz CT molecular complexity index is 901. The summed E-state index contributed by atoms with van der Waals surface area (Å²) in [5.41, 5.74) is 1.83. The van der Waals surface area contributed by atoms with Crippen molar-refractivity contribution in [2.24, 2.45) is 0 Å². The SMILES string of the molecule is Cc1cccc(NS(=O)(=O)c2cccc(C(=O)NC3CCCCCC3)c2)c1. The van der Waals surface area contributed by atoms with Crippen molar-refractivity contribution in [3.63, 3.8) is 0 Å². The lowest BCUT2D eigenvalue weighted by molar-refractivity contribution is 0.0933. The number of hydrogen-bond donors (Lipinski definition) is 2. The number of benzene rings is 2. The molecule has 0 bridgehead atoms. The number of nitrogens with one attached hydrogen (secondary N) is 2. The summed E-state index contributed by atoms with van der Waals surface area (Å²) in [6.45, 7) is 1.90. The zero-order valence-corrected chi connectivity index (χ0v) is 16.4. The van der Waals surface area contributed by atoms with E-state index >= 15 is 0 Å². The van der Waals surface area contributed by atoms with Crippen molar-refractivity contribution in [3.05, 3.63) is 59.7 Å². The Morgan fingerprint density at radius 3 is 2.37 bits per heavy atom. The average molecular weight is 387 g/mol. The van der Waals surface area contributed by atoms with Gasteiger partial charge in [-0.3, -0.25) is 9.52 Å². The second-order valence-electron chi connectivity index (χ2n) is 7.16. The molecule has 2 N–H and O–H groups in total. The average Bonchev–Trinajstić information content (AvgIpc) is 2.90. The second kappa shape index (κ2) is 8.57. The predicted octanol–water partition coefficient (Wildman–Crippen LogP) is 4.25. The minimum absolute atomic E-state index is 0.0810. The summed E-state index contributed by atoms with van der Waals surface area (Å²) in [7, 11) is -3.76. The molecule has 0 unspecified atom stereocenters. The van der Waals surface area contributed by atoms with E-state index in [1.807, 2.05) is 13.0 Å². The van der Waals surface area contributed by atoms with E-state index in [-0.39, 0.29) is 16.8 Å². The Labute approximate surface area is 161 Å². The summed E-state index contributed by atoms with van der Waals surface area (Å²) in [6.07, 6.45) is 6.65. The maximum atomic E-state index is 12.7. The standard InChI is InChI=1S/C21H26N2O3S/c1-16-8-6-12-19(14-16)23-27(25,26)20-13-7-9-17(15-20)21(24)22-18-10-4-2-3-5-11-18/h6-9,12-15,18,23H,2-5,10-11H2,1H3,(H,22,24). The van der Waals surface area contributed by atoms with Crippen molar-refractivity contribution in [1.29, 1.82) is 0 Å². The van der Waals surface area contributed by atoms with Gasteiger partial charge < -0.3 is 5.32 Å². The van der Waals surface area contributed by atoms with Gasteiger partial charge in [0.15, 0.2) is 0 Å². The first kappa shape index (κ1) is 19.4. The largest absolute Gasteiger partial charge is 0.349 e. The van der Waals surface area contributed by atoms with Crippen LogP contribution < -0.4 is 10.0 Å². The van der Waals surface area contributed by atoms with Crippen LogP contribution in [0.15, 0.2) is 53.4 Å². The van der Waals surface area contributed by atoms with E-state index < -0.39 is 10.0 Å². The van der Waals surface area contributed by atoms with E-state index in [1.54, 1.807) is 30.3 Å². The fraction of sp³-hybridized carbons (Fsp3) is 0.381. The highest BCUT2D eigenvalue weighted by molar-refractivity contribution is 7.92. The number of rotatable bonds is 5. The maximum Gasteiger partial charge on any atom is 0.261 e. The number of amides is 1. The summed E-state index contributed by atoms with van der Waals surface area (Å²) in [4.78, 5) is 12.7. The molecule has 1 saturated carbocycles. The van der Waals surface area contributed by atoms with Crippen LogP contribution in [-0.4, -0.2) is 20.4 Å². The molecular weight excluding hydrogens is 360 g/mol. The molecule has 6 heteroatoms. The fourth-order valence-electron chi connectivity index (χ4n) is 3.42. The van der Waals surface area contributed by atoms with Crippen molar-refractivity contribution < 1.29 is 13.2 Å². The molecule has 1 fully saturated rings. The van der Waals surface area contributed by atoms with Gasteiger partial charge >= 0.3 is 0 Å². The van der Waals surface area contributed by atoms with Crippen LogP contribution in [0, 0.1) is 6.92 Å². The quantitative estimate of drug-likeness (QED) is 0.755. The van der Waals surface area contributed by atoms with Crippen molar-refractivity contribution in [3.8, 4) is 0 Å². The zero-order chi connectivity index (χ0) is 19.3. The summed E-state index contributed by atoms with van der Waals surface area (Å²) in [5, 5.41) is 3.06. The lowest BCUT2D eigenvalue weighted by atomic mass is 10.1. The highest BCUT2D eigenvalue weighted by atomic mass is 32.2. The van der Waals surface area contributed by atoms with Gasteiger partial charge in [0.05, 0.1) is 4.90 Å². The second-order valence-corrected chi connectivity index (χ2v) is 8.85. The maximum absolute atomic E-state index is 12.7. The molecule has 1 amide bonds. The molecule has 0 aliphatic heterocycles. The molecule has 0 aromatic heterocycles. The number of hydrogen-bond acceptors (Lipinski definition) is 3. The Morgan fingerprint density at radius 1 is 0.963 bits per heavy atom. The third-order valence-corrected chi connectivity index (χ3v) is 6.25. The Balaban J connectivity index is 1.74. The molecule has 5 nitrogen and oxygen atoms in total. The minimum atomic E-state index is -3.76. The van der Waals surface area contributed by atoms with Gasteiger partial charge in [-0.2, -0.15) is 0 Å². The van der Waals surface area contributed by atoms with Crippen LogP contribution in [0.25, 0.3) is 0 Å². The summed E-state index contributed by atoms with van der Waals surface area (Å²) >= 11 is 0. The lowest BCUT2D eigenvalue weighted by Crippen LogP contribution is -2.34. The van der Waals surface area contributed by atoms with E-state index in [0.29, 0.717) is 11.3 Å². The number of carbonyl (C=O) groups is 1. The van der Waals surface area contributed by atoms with Crippen molar-refractivity contribution in [1.82, 2.24) is 5.32 Å². The molecule has 2 aromatic carbocycles. The fourth-order valence-corrected chi connectivity index (χ4v) is 4.51. The first-order valence-electron chi connectivity index (χ1n) is 9.44. The lowest BCUT2D eigenvalue weighted by Gasteiger charge is -2.16. The van der Waals surface area contributed by atoms with Gasteiger partial charge in [-0.25, -0.2) is 8.42 Å². The van der Waals surface area contributed by atoms with Crippen molar-refractivity contribution in [2.45, 2.75) is 56.4 Å². The van der Waals surface area contributed by atoms with E-state index in [4.69, 9.17) is 0 Å². The van der Waals surface area contributed by atoms with Crippen LogP contribution in [0.4, 0.5) is 5.69 Å². The Morgan fingerprint density at radius 2 is 1.67 bits per heavy atom. The van der Waals surface area contributed by atoms with Crippen LogP contribution in [0.1, 0.15) is 54.4 Å². The molecule has 0 saturated heterocycles. The van der Waals surface area contributed by atoms with E-state index in [2.05, 4.69) is 10.0 Å². The minimum Gasteiger partial charge on any atom is -0.349 e. The highest BCUT2D eigenvalue weighted by Crippen LogP contribution is 2.20. The number of sulfonamides is 1. The van der Waals surface area contributed by atoms with Crippen LogP contribution >= 0.6 is 0 Å². The molecule has 1 aliphatic carbocycles. The molecular formula is C21H26N2O3S. The number of carbonyl (C=O) groups excluding carboxylic acids is 1. The number of aryl methyl sites for hydroxylation is 1. The van der Waals surface area contributed by atoms with E-state index in [0.717, 1.165) is 31.2 Å². The monoisotopic (exact) mass is 386 g/mol. The molecule has 0 spiro atoms. The van der Waals surface area contributed by atoms with Gasteiger partial charge in [-0.1, -0.05) is 43.9 Å². The smallest absolute Gasteiger partial charge is 0.261 e. The molecule has 0 atom stereocenters. The summed E-state index contributed by atoms with van der Waals surface area (Å²) in [6, 6.07) is 13.5. The zero-order valence-electron chi connectivity index (χ0n) is 15.6. The van der Waals surface area contributed by atoms with Gasteiger partial charge in [0.2, 0.25) is 0 Å². The molecule has 2 aromatic rings. The van der Waals surface area contributed by atoms with Crippen LogP contribution in [0.3, 0.4) is 0 Å². The van der Waals surface area contributed by atoms with Gasteiger partial charge in [-0.15, -0.1) is 0 Å². The van der Waals surface area contributed by atoms with Crippen LogP contribution in [0.5, 0.6) is 0 Å². The van der Waals surface area contributed by atoms with Crippen molar-refractivity contribution in [2.75, 3.05) is 4.72 Å². The van der Waals surface area contributed by atoms with Gasteiger partial charge in [-0.05, 0) is 55.7 Å². The molecule has 27 heavy (non-hydrogen) atoms. The normalized spacial score (nSPS) is 15.7. The molecule has 0 heterocycles. The van der Waals surface area contributed by atoms with E-state index in [9.17, 15) is 13.2 Å². The van der Waals surface area contributed by atoms with Crippen LogP contribution in [-0.2, 0) is 10.0 Å². The molecule has 0 radical (unpaired) electrons. The summed E-state index contributed by atoms with van der Waals surface area (Å²) in [5.74, 6) is -0.213. The summed E-state index contributed by atoms with van der Waals surface area (Å²) < 4.78 is 27.9. The molecule has 144 valence electrons. The third-order valence-electron chi connectivity index (χ3n) is 4.87. The van der Waals surface area contributed by atoms with Crippen LogP contribution in [0.2, 0.25) is 0 Å². The third kappa shape index (κ3) is 5.32. The Hall–Kier alpha value is -2.34. The molecule has 1 aliphatic rings. The predicted molar refractivity (Wildman–Crippen MR) is 107 cm³/mol. The molecule has 3 rings (SSSR count).